The quantitative estimate of drug-likeness (QED) is 0.0326. The van der Waals surface area contributed by atoms with Crippen LogP contribution in [-0.4, -0.2) is 94.6 Å². The van der Waals surface area contributed by atoms with Gasteiger partial charge in [0.2, 0.25) is 29.5 Å². The molecule has 0 aromatic heterocycles. The molecule has 1 fully saturated rings. The largest absolute Gasteiger partial charge is 0.481 e. The Balaban J connectivity index is 1.67. The van der Waals surface area contributed by atoms with Gasteiger partial charge in [0.25, 0.3) is 0 Å². The van der Waals surface area contributed by atoms with E-state index < -0.39 is 72.0 Å². The van der Waals surface area contributed by atoms with Crippen LogP contribution >= 0.6 is 11.6 Å². The van der Waals surface area contributed by atoms with Crippen LogP contribution < -0.4 is 32.7 Å². The van der Waals surface area contributed by atoms with Crippen LogP contribution in [0.1, 0.15) is 50.5 Å². The summed E-state index contributed by atoms with van der Waals surface area (Å²) in [7, 11) is 0. The maximum absolute atomic E-state index is 14.2. The SMILES string of the molecule is N=C(N)NCCCC(NC(=O)C(Cc1c2ccccc2cc2ccccc12)NC(=O)[C@@H]1CCCCN1C(=O)C(CCC(=O)O)NC(=O)CCl)C(N)=O. The van der Waals surface area contributed by atoms with Gasteiger partial charge >= 0.3 is 5.97 Å². The topological polar surface area (TPSA) is 250 Å². The first-order valence-electron chi connectivity index (χ1n) is 17.1. The molecule has 4 rings (SSSR count). The molecular formula is C36H45ClN8O7. The summed E-state index contributed by atoms with van der Waals surface area (Å²) < 4.78 is 0. The first kappa shape index (κ1) is 39.3. The van der Waals surface area contributed by atoms with E-state index in [0.29, 0.717) is 19.3 Å². The molecule has 52 heavy (non-hydrogen) atoms. The number of hydrogen-bond donors (Lipinski definition) is 8. The number of carbonyl (C=O) groups excluding carboxylic acids is 5. The van der Waals surface area contributed by atoms with Crippen LogP contribution in [0.4, 0.5) is 0 Å². The summed E-state index contributed by atoms with van der Waals surface area (Å²) in [6.07, 6.45) is 1.30. The van der Waals surface area contributed by atoms with Crippen LogP contribution in [0.2, 0.25) is 0 Å². The lowest BCUT2D eigenvalue weighted by atomic mass is 9.91. The Morgan fingerprint density at radius 2 is 1.54 bits per heavy atom. The number of aliphatic carboxylic acids is 1. The van der Waals surface area contributed by atoms with Crippen molar-refractivity contribution in [3.05, 3.63) is 60.2 Å². The van der Waals surface area contributed by atoms with Gasteiger partial charge in [-0.05, 0) is 71.7 Å². The van der Waals surface area contributed by atoms with E-state index in [9.17, 15) is 33.9 Å². The second-order valence-corrected chi connectivity index (χ2v) is 13.0. The number of rotatable bonds is 17. The molecule has 1 heterocycles. The van der Waals surface area contributed by atoms with E-state index in [2.05, 4.69) is 21.3 Å². The molecule has 10 N–H and O–H groups in total. The number of carbonyl (C=O) groups is 6. The van der Waals surface area contributed by atoms with Crippen LogP contribution in [0.25, 0.3) is 21.5 Å². The van der Waals surface area contributed by atoms with Gasteiger partial charge in [0.1, 0.15) is 30.0 Å². The summed E-state index contributed by atoms with van der Waals surface area (Å²) in [5.74, 6) is -5.22. The van der Waals surface area contributed by atoms with Crippen molar-refractivity contribution in [1.29, 1.82) is 5.41 Å². The lowest BCUT2D eigenvalue weighted by Gasteiger charge is -2.37. The fourth-order valence-electron chi connectivity index (χ4n) is 6.52. The van der Waals surface area contributed by atoms with Crippen LogP contribution in [0.5, 0.6) is 0 Å². The number of nitrogens with two attached hydrogens (primary N) is 2. The number of likely N-dealkylation sites (tertiary alicyclic amines) is 1. The molecule has 3 unspecified atom stereocenters. The summed E-state index contributed by atoms with van der Waals surface area (Å²) in [5, 5.41) is 30.8. The summed E-state index contributed by atoms with van der Waals surface area (Å²) in [4.78, 5) is 79.4. The van der Waals surface area contributed by atoms with Gasteiger partial charge in [-0.15, -0.1) is 11.6 Å². The number of guanidine groups is 1. The first-order valence-corrected chi connectivity index (χ1v) is 17.7. The predicted molar refractivity (Wildman–Crippen MR) is 196 cm³/mol. The number of piperidine rings is 1. The zero-order chi connectivity index (χ0) is 37.8. The lowest BCUT2D eigenvalue weighted by molar-refractivity contribution is -0.146. The van der Waals surface area contributed by atoms with E-state index in [-0.39, 0.29) is 44.7 Å². The van der Waals surface area contributed by atoms with Crippen molar-refractivity contribution < 1.29 is 33.9 Å². The molecule has 4 atom stereocenters. The number of amides is 5. The first-order chi connectivity index (χ1) is 24.9. The number of nitrogens with one attached hydrogen (secondary N) is 5. The molecule has 5 amide bonds. The number of nitrogens with zero attached hydrogens (tertiary/aromatic N) is 1. The van der Waals surface area contributed by atoms with Crippen molar-refractivity contribution in [1.82, 2.24) is 26.2 Å². The molecule has 16 heteroatoms. The summed E-state index contributed by atoms with van der Waals surface area (Å²) in [6, 6.07) is 12.8. The molecular weight excluding hydrogens is 692 g/mol. The highest BCUT2D eigenvalue weighted by Crippen LogP contribution is 2.30. The number of fused-ring (bicyclic) bond motifs is 2. The number of alkyl halides is 1. The number of halogens is 1. The molecule has 1 aliphatic rings. The highest BCUT2D eigenvalue weighted by Gasteiger charge is 2.38. The van der Waals surface area contributed by atoms with Gasteiger partial charge in [-0.25, -0.2) is 0 Å². The standard InChI is InChI=1S/C36H45ClN8O7/c37-20-30(46)42-27(14-15-31(47)48)35(52)45-17-6-5-13-29(45)34(51)44-28(33(50)43-26(32(38)49)12-7-16-41-36(39)40)19-25-23-10-3-1-8-21(23)18-22-9-2-4-11-24(22)25/h1-4,8-11,18,26-29H,5-7,12-17,19-20H2,(H2,38,49)(H,42,46)(H,43,50)(H,44,51)(H,47,48)(H4,39,40,41)/t26?,27?,28?,29-/m0/s1. The van der Waals surface area contributed by atoms with E-state index >= 15 is 0 Å². The molecule has 278 valence electrons. The molecule has 0 aliphatic carbocycles. The Hall–Kier alpha value is -5.44. The number of carboxylic acid groups (broad SMARTS) is 1. The number of primary amides is 1. The maximum Gasteiger partial charge on any atom is 0.303 e. The van der Waals surface area contributed by atoms with E-state index in [1.54, 1.807) is 0 Å². The fraction of sp³-hybridized carbons (Fsp3) is 0.417. The molecule has 1 saturated heterocycles. The van der Waals surface area contributed by atoms with Crippen molar-refractivity contribution in [2.45, 2.75) is 75.5 Å². The monoisotopic (exact) mass is 736 g/mol. The highest BCUT2D eigenvalue weighted by molar-refractivity contribution is 6.27. The molecule has 0 radical (unpaired) electrons. The molecule has 0 bridgehead atoms. The number of hydrogen-bond acceptors (Lipinski definition) is 7. The van der Waals surface area contributed by atoms with Gasteiger partial charge in [-0.1, -0.05) is 48.5 Å². The third-order valence-electron chi connectivity index (χ3n) is 9.06. The summed E-state index contributed by atoms with van der Waals surface area (Å²) >= 11 is 5.66. The third-order valence-corrected chi connectivity index (χ3v) is 9.30. The van der Waals surface area contributed by atoms with Gasteiger partial charge < -0.3 is 42.7 Å². The fourth-order valence-corrected chi connectivity index (χ4v) is 6.60. The average Bonchev–Trinajstić information content (AvgIpc) is 3.13. The molecule has 3 aromatic rings. The zero-order valence-electron chi connectivity index (χ0n) is 28.7. The predicted octanol–water partition coefficient (Wildman–Crippen LogP) is 1.22. The number of carboxylic acids is 1. The average molecular weight is 737 g/mol. The van der Waals surface area contributed by atoms with E-state index in [4.69, 9.17) is 28.5 Å². The highest BCUT2D eigenvalue weighted by atomic mass is 35.5. The minimum atomic E-state index is -1.23. The second-order valence-electron chi connectivity index (χ2n) is 12.7. The minimum absolute atomic E-state index is 0.0183. The zero-order valence-corrected chi connectivity index (χ0v) is 29.4. The second kappa shape index (κ2) is 18.7. The Morgan fingerprint density at radius 1 is 0.885 bits per heavy atom. The van der Waals surface area contributed by atoms with Crippen LogP contribution in [0.3, 0.4) is 0 Å². The van der Waals surface area contributed by atoms with E-state index in [0.717, 1.165) is 27.1 Å². The Kier molecular flexibility index (Phi) is 14.1. The minimum Gasteiger partial charge on any atom is -0.481 e. The van der Waals surface area contributed by atoms with Gasteiger partial charge in [0.15, 0.2) is 5.96 Å². The number of benzene rings is 3. The van der Waals surface area contributed by atoms with Crippen molar-refractivity contribution in [2.75, 3.05) is 19.0 Å². The van der Waals surface area contributed by atoms with Crippen molar-refractivity contribution in [3.8, 4) is 0 Å². The van der Waals surface area contributed by atoms with Gasteiger partial charge in [0.05, 0.1) is 0 Å². The van der Waals surface area contributed by atoms with Gasteiger partial charge in [-0.3, -0.25) is 34.2 Å². The van der Waals surface area contributed by atoms with E-state index in [1.165, 1.54) is 4.90 Å². The summed E-state index contributed by atoms with van der Waals surface area (Å²) in [6.45, 7) is 0.432. The molecule has 0 saturated carbocycles. The smallest absolute Gasteiger partial charge is 0.303 e. The van der Waals surface area contributed by atoms with E-state index in [1.807, 2.05) is 54.6 Å². The summed E-state index contributed by atoms with van der Waals surface area (Å²) in [5.41, 5.74) is 11.8. The van der Waals surface area contributed by atoms with Crippen molar-refractivity contribution in [2.24, 2.45) is 11.5 Å². The molecule has 0 spiro atoms. The van der Waals surface area contributed by atoms with Crippen LogP contribution in [0, 0.1) is 5.41 Å². The molecule has 3 aromatic carbocycles. The Labute approximate surface area is 305 Å². The third kappa shape index (κ3) is 10.5. The van der Waals surface area contributed by atoms with Crippen molar-refractivity contribution in [3.63, 3.8) is 0 Å². The maximum atomic E-state index is 14.2. The van der Waals surface area contributed by atoms with Crippen molar-refractivity contribution >= 4 is 74.6 Å². The van der Waals surface area contributed by atoms with Crippen LogP contribution in [-0.2, 0) is 35.2 Å². The van der Waals surface area contributed by atoms with Gasteiger partial charge in [0, 0.05) is 25.9 Å². The van der Waals surface area contributed by atoms with Gasteiger partial charge in [-0.2, -0.15) is 0 Å². The molecule has 15 nitrogen and oxygen atoms in total. The lowest BCUT2D eigenvalue weighted by Crippen LogP contribution is -2.60. The normalized spacial score (nSPS) is 15.9. The van der Waals surface area contributed by atoms with Crippen LogP contribution in [0.15, 0.2) is 54.6 Å². The molecule has 1 aliphatic heterocycles. The Morgan fingerprint density at radius 3 is 2.13 bits per heavy atom. The Bertz CT molecular complexity index is 1770.